The van der Waals surface area contributed by atoms with Crippen LogP contribution in [-0.2, 0) is 9.53 Å². The van der Waals surface area contributed by atoms with Gasteiger partial charge in [0.2, 0.25) is 0 Å². The number of alkyl halides is 2. The molecule has 1 heterocycles. The second kappa shape index (κ2) is 8.77. The monoisotopic (exact) mass is 404 g/mol. The second-order valence-electron chi connectivity index (χ2n) is 4.90. The van der Waals surface area contributed by atoms with E-state index in [1.165, 1.54) is 43.5 Å². The van der Waals surface area contributed by atoms with Gasteiger partial charge in [0.25, 0.3) is 5.91 Å². The Kier molecular flexibility index (Phi) is 6.70. The highest BCUT2D eigenvalue weighted by molar-refractivity contribution is 6.36. The Hall–Kier alpha value is -2.45. The SMILES string of the molecule is C[C@@H](OC(=O)c1ccccc1OC(F)F)C(=O)Nc1ncc(Cl)cc1Cl. The summed E-state index contributed by atoms with van der Waals surface area (Å²) in [7, 11) is 0. The zero-order valence-electron chi connectivity index (χ0n) is 13.2. The molecule has 0 saturated carbocycles. The van der Waals surface area contributed by atoms with Gasteiger partial charge in [-0.25, -0.2) is 9.78 Å². The number of esters is 1. The van der Waals surface area contributed by atoms with E-state index in [0.29, 0.717) is 0 Å². The number of nitrogens with zero attached hydrogens (tertiary/aromatic N) is 1. The van der Waals surface area contributed by atoms with Crippen LogP contribution in [-0.4, -0.2) is 29.6 Å². The van der Waals surface area contributed by atoms with Crippen LogP contribution in [0.5, 0.6) is 5.75 Å². The van der Waals surface area contributed by atoms with E-state index in [1.807, 2.05) is 0 Å². The first-order valence-electron chi connectivity index (χ1n) is 7.14. The van der Waals surface area contributed by atoms with Crippen LogP contribution in [0.25, 0.3) is 0 Å². The summed E-state index contributed by atoms with van der Waals surface area (Å²) in [6.45, 7) is -1.81. The normalized spacial score (nSPS) is 11.8. The molecule has 2 rings (SSSR count). The van der Waals surface area contributed by atoms with Crippen molar-refractivity contribution in [2.75, 3.05) is 5.32 Å². The Bertz CT molecular complexity index is 821. The summed E-state index contributed by atoms with van der Waals surface area (Å²) in [5.41, 5.74) is -0.241. The second-order valence-corrected chi connectivity index (χ2v) is 5.74. The number of aromatic nitrogens is 1. The molecule has 0 aliphatic heterocycles. The molecule has 0 fully saturated rings. The van der Waals surface area contributed by atoms with E-state index in [1.54, 1.807) is 0 Å². The molecule has 1 atom stereocenters. The molecular formula is C16H12Cl2F2N2O4. The van der Waals surface area contributed by atoms with Crippen molar-refractivity contribution < 1.29 is 27.8 Å². The van der Waals surface area contributed by atoms with Gasteiger partial charge in [0, 0.05) is 6.20 Å². The minimum atomic E-state index is -3.11. The maximum atomic E-state index is 12.4. The topological polar surface area (TPSA) is 77.5 Å². The largest absolute Gasteiger partial charge is 0.449 e. The lowest BCUT2D eigenvalue weighted by molar-refractivity contribution is -0.123. The number of ether oxygens (including phenoxy) is 2. The molecule has 0 aliphatic rings. The van der Waals surface area contributed by atoms with Crippen molar-refractivity contribution in [3.8, 4) is 5.75 Å². The third-order valence-electron chi connectivity index (χ3n) is 3.03. The molecule has 0 unspecified atom stereocenters. The molecule has 26 heavy (non-hydrogen) atoms. The quantitative estimate of drug-likeness (QED) is 0.730. The van der Waals surface area contributed by atoms with Crippen LogP contribution in [0.4, 0.5) is 14.6 Å². The van der Waals surface area contributed by atoms with Gasteiger partial charge in [-0.2, -0.15) is 8.78 Å². The first-order valence-corrected chi connectivity index (χ1v) is 7.90. The number of para-hydroxylation sites is 1. The van der Waals surface area contributed by atoms with E-state index in [2.05, 4.69) is 15.0 Å². The number of pyridine rings is 1. The fourth-order valence-corrected chi connectivity index (χ4v) is 2.26. The molecule has 0 aliphatic carbocycles. The van der Waals surface area contributed by atoms with Crippen LogP contribution < -0.4 is 10.1 Å². The van der Waals surface area contributed by atoms with Crippen molar-refractivity contribution in [1.82, 2.24) is 4.98 Å². The molecule has 10 heteroatoms. The molecule has 1 amide bonds. The highest BCUT2D eigenvalue weighted by Gasteiger charge is 2.23. The van der Waals surface area contributed by atoms with Crippen LogP contribution in [0.15, 0.2) is 36.5 Å². The van der Waals surface area contributed by atoms with Crippen molar-refractivity contribution >= 4 is 40.9 Å². The number of rotatable bonds is 6. The zero-order valence-corrected chi connectivity index (χ0v) is 14.7. The van der Waals surface area contributed by atoms with Gasteiger partial charge in [-0.3, -0.25) is 4.79 Å². The van der Waals surface area contributed by atoms with Crippen LogP contribution in [0.2, 0.25) is 10.0 Å². The lowest BCUT2D eigenvalue weighted by Gasteiger charge is -2.15. The number of benzene rings is 1. The molecular weight excluding hydrogens is 393 g/mol. The first-order chi connectivity index (χ1) is 12.3. The fourth-order valence-electron chi connectivity index (χ4n) is 1.84. The van der Waals surface area contributed by atoms with Gasteiger partial charge in [0.15, 0.2) is 11.9 Å². The van der Waals surface area contributed by atoms with Gasteiger partial charge in [-0.05, 0) is 25.1 Å². The van der Waals surface area contributed by atoms with E-state index in [-0.39, 0.29) is 27.2 Å². The Morgan fingerprint density at radius 3 is 2.58 bits per heavy atom. The maximum absolute atomic E-state index is 12.4. The van der Waals surface area contributed by atoms with Crippen molar-refractivity contribution in [2.45, 2.75) is 19.6 Å². The number of hydrogen-bond acceptors (Lipinski definition) is 5. The minimum Gasteiger partial charge on any atom is -0.449 e. The van der Waals surface area contributed by atoms with Crippen molar-refractivity contribution in [3.63, 3.8) is 0 Å². The van der Waals surface area contributed by atoms with E-state index in [4.69, 9.17) is 27.9 Å². The average molecular weight is 405 g/mol. The summed E-state index contributed by atoms with van der Waals surface area (Å²) in [6, 6.07) is 6.66. The number of anilines is 1. The molecule has 6 nitrogen and oxygen atoms in total. The van der Waals surface area contributed by atoms with Crippen molar-refractivity contribution in [3.05, 3.63) is 52.1 Å². The summed E-state index contributed by atoms with van der Waals surface area (Å²) >= 11 is 11.6. The minimum absolute atomic E-state index is 0.0328. The molecule has 138 valence electrons. The Balaban J connectivity index is 2.06. The molecule has 1 aromatic heterocycles. The number of carbonyl (C=O) groups excluding carboxylic acids is 2. The number of halogens is 4. The predicted octanol–water partition coefficient (Wildman–Crippen LogP) is 4.17. The molecule has 2 aromatic rings. The lowest BCUT2D eigenvalue weighted by atomic mass is 10.2. The number of nitrogens with one attached hydrogen (secondary N) is 1. The van der Waals surface area contributed by atoms with Crippen molar-refractivity contribution in [2.24, 2.45) is 0 Å². The third-order valence-corrected chi connectivity index (χ3v) is 3.52. The third kappa shape index (κ3) is 5.27. The Morgan fingerprint density at radius 2 is 1.92 bits per heavy atom. The van der Waals surface area contributed by atoms with Gasteiger partial charge < -0.3 is 14.8 Å². The summed E-state index contributed by atoms with van der Waals surface area (Å²) in [5, 5.41) is 2.75. The Labute approximate surface area is 157 Å². The van der Waals surface area contributed by atoms with E-state index < -0.39 is 24.6 Å². The van der Waals surface area contributed by atoms with Gasteiger partial charge in [-0.1, -0.05) is 35.3 Å². The van der Waals surface area contributed by atoms with Crippen molar-refractivity contribution in [1.29, 1.82) is 0 Å². The standard InChI is InChI=1S/C16H12Cl2F2N2O4/c1-8(14(23)22-13-11(18)6-9(17)7-21-13)25-15(24)10-4-2-3-5-12(10)26-16(19)20/h2-8,16H,1H3,(H,21,22,23)/t8-/m1/s1. The highest BCUT2D eigenvalue weighted by atomic mass is 35.5. The highest BCUT2D eigenvalue weighted by Crippen LogP contribution is 2.24. The lowest BCUT2D eigenvalue weighted by Crippen LogP contribution is -2.30. The van der Waals surface area contributed by atoms with Crippen LogP contribution in [0.1, 0.15) is 17.3 Å². The molecule has 0 bridgehead atoms. The number of hydrogen-bond donors (Lipinski definition) is 1. The van der Waals surface area contributed by atoms with Gasteiger partial charge in [0.1, 0.15) is 11.3 Å². The summed E-state index contributed by atoms with van der Waals surface area (Å²) < 4.78 is 34.0. The van der Waals surface area contributed by atoms with E-state index in [9.17, 15) is 18.4 Å². The van der Waals surface area contributed by atoms with Crippen LogP contribution >= 0.6 is 23.2 Å². The fraction of sp³-hybridized carbons (Fsp3) is 0.188. The predicted molar refractivity (Wildman–Crippen MR) is 90.8 cm³/mol. The summed E-state index contributed by atoms with van der Waals surface area (Å²) in [5.74, 6) is -2.05. The summed E-state index contributed by atoms with van der Waals surface area (Å²) in [4.78, 5) is 28.1. The van der Waals surface area contributed by atoms with Crippen LogP contribution in [0.3, 0.4) is 0 Å². The van der Waals surface area contributed by atoms with Crippen LogP contribution in [0, 0.1) is 0 Å². The zero-order chi connectivity index (χ0) is 19.3. The molecule has 0 saturated heterocycles. The summed E-state index contributed by atoms with van der Waals surface area (Å²) in [6.07, 6.45) is 0.0214. The van der Waals surface area contributed by atoms with Gasteiger partial charge in [-0.15, -0.1) is 0 Å². The van der Waals surface area contributed by atoms with E-state index >= 15 is 0 Å². The molecule has 0 radical (unpaired) electrons. The smallest absolute Gasteiger partial charge is 0.387 e. The number of amides is 1. The first kappa shape index (κ1) is 19.9. The molecule has 0 spiro atoms. The molecule has 1 N–H and O–H groups in total. The Morgan fingerprint density at radius 1 is 1.23 bits per heavy atom. The van der Waals surface area contributed by atoms with Gasteiger partial charge in [0.05, 0.1) is 10.0 Å². The average Bonchev–Trinajstić information content (AvgIpc) is 2.57. The molecule has 1 aromatic carbocycles. The van der Waals surface area contributed by atoms with E-state index in [0.717, 1.165) is 0 Å². The maximum Gasteiger partial charge on any atom is 0.387 e. The van der Waals surface area contributed by atoms with Gasteiger partial charge >= 0.3 is 12.6 Å². The number of carbonyl (C=O) groups is 2.